The van der Waals surface area contributed by atoms with Crippen molar-refractivity contribution in [2.24, 2.45) is 0 Å². The summed E-state index contributed by atoms with van der Waals surface area (Å²) in [7, 11) is 1.44. The Morgan fingerprint density at radius 3 is 2.04 bits per heavy atom. The fraction of sp³-hybridized carbons (Fsp3) is 0.467. The third-order valence-electron chi connectivity index (χ3n) is 2.85. The molecule has 0 aliphatic heterocycles. The number of ether oxygens (including phenoxy) is 1. The number of carbonyl (C=O) groups is 2. The Kier molecular flexibility index (Phi) is 6.05. The number of nitrogens with one attached hydrogen (secondary N) is 2. The molecule has 134 valence electrons. The van der Waals surface area contributed by atoms with E-state index in [2.05, 4.69) is 5.32 Å². The largest absolute Gasteiger partial charge is 0.444 e. The Morgan fingerprint density at radius 2 is 1.58 bits per heavy atom. The van der Waals surface area contributed by atoms with Gasteiger partial charge in [-0.15, -0.1) is 0 Å². The van der Waals surface area contributed by atoms with Crippen LogP contribution >= 0.6 is 0 Å². The van der Waals surface area contributed by atoms with Crippen LogP contribution in [0.4, 0.5) is 34.1 Å². The Bertz CT molecular complexity index is 645. The number of hydrogen-bond donors (Lipinski definition) is 2. The molecule has 1 aromatic carbocycles. The van der Waals surface area contributed by atoms with Crippen LogP contribution in [-0.2, 0) is 4.74 Å². The number of carbonyl (C=O) groups excluding carboxylic acids is 2. The van der Waals surface area contributed by atoms with E-state index in [9.17, 15) is 22.8 Å². The molecular formula is C15H20F3N3O3. The molecule has 0 unspecified atom stereocenters. The molecule has 0 atom stereocenters. The van der Waals surface area contributed by atoms with Gasteiger partial charge in [0.05, 0.1) is 11.4 Å². The predicted octanol–water partition coefficient (Wildman–Crippen LogP) is 3.93. The molecule has 0 heterocycles. The first-order chi connectivity index (χ1) is 11.0. The second-order valence-electron chi connectivity index (χ2n) is 5.98. The Labute approximate surface area is 138 Å². The normalized spacial score (nSPS) is 11.0. The second-order valence-corrected chi connectivity index (χ2v) is 5.98. The Morgan fingerprint density at radius 1 is 1.08 bits per heavy atom. The maximum absolute atomic E-state index is 13.8. The van der Waals surface area contributed by atoms with Crippen molar-refractivity contribution in [3.8, 4) is 0 Å². The average Bonchev–Trinajstić information content (AvgIpc) is 2.46. The molecule has 0 aliphatic rings. The zero-order chi connectivity index (χ0) is 18.7. The zero-order valence-corrected chi connectivity index (χ0v) is 14.1. The van der Waals surface area contributed by atoms with E-state index in [4.69, 9.17) is 4.74 Å². The van der Waals surface area contributed by atoms with Crippen LogP contribution < -0.4 is 10.6 Å². The van der Waals surface area contributed by atoms with Gasteiger partial charge in [-0.05, 0) is 33.8 Å². The minimum Gasteiger partial charge on any atom is -0.444 e. The summed E-state index contributed by atoms with van der Waals surface area (Å²) < 4.78 is 46.2. The predicted molar refractivity (Wildman–Crippen MR) is 83.5 cm³/mol. The monoisotopic (exact) mass is 347 g/mol. The summed E-state index contributed by atoms with van der Waals surface area (Å²) in [4.78, 5) is 24.6. The molecule has 0 aliphatic carbocycles. The second kappa shape index (κ2) is 7.41. The van der Waals surface area contributed by atoms with Gasteiger partial charge in [0.15, 0.2) is 17.5 Å². The SMILES string of the molecule is CCN(C)C(=O)Nc1cc(NC(=O)OC(C)(C)C)c(F)c(F)c1F. The average molecular weight is 347 g/mol. The van der Waals surface area contributed by atoms with Gasteiger partial charge >= 0.3 is 12.1 Å². The van der Waals surface area contributed by atoms with Crippen molar-refractivity contribution < 1.29 is 27.5 Å². The van der Waals surface area contributed by atoms with Crippen molar-refractivity contribution in [1.82, 2.24) is 4.90 Å². The number of urea groups is 1. The molecule has 0 aromatic heterocycles. The number of rotatable bonds is 3. The summed E-state index contributed by atoms with van der Waals surface area (Å²) in [5, 5.41) is 4.09. The third-order valence-corrected chi connectivity index (χ3v) is 2.85. The van der Waals surface area contributed by atoms with E-state index in [0.29, 0.717) is 6.54 Å². The van der Waals surface area contributed by atoms with Crippen LogP contribution in [0.15, 0.2) is 6.07 Å². The van der Waals surface area contributed by atoms with Gasteiger partial charge in [0.1, 0.15) is 5.60 Å². The van der Waals surface area contributed by atoms with Gasteiger partial charge in [-0.3, -0.25) is 5.32 Å². The maximum Gasteiger partial charge on any atom is 0.412 e. The smallest absolute Gasteiger partial charge is 0.412 e. The standard InChI is InChI=1S/C15H20F3N3O3/c1-6-21(5)13(22)19-8-7-9(11(17)12(18)10(8)16)20-14(23)24-15(2,3)4/h7H,6H2,1-5H3,(H,19,22)(H,20,23). The lowest BCUT2D eigenvalue weighted by Crippen LogP contribution is -2.31. The van der Waals surface area contributed by atoms with Crippen molar-refractivity contribution in [3.63, 3.8) is 0 Å². The lowest BCUT2D eigenvalue weighted by atomic mass is 10.2. The van der Waals surface area contributed by atoms with E-state index < -0.39 is 46.6 Å². The fourth-order valence-electron chi connectivity index (χ4n) is 1.55. The topological polar surface area (TPSA) is 70.7 Å². The van der Waals surface area contributed by atoms with Gasteiger partial charge in [0.25, 0.3) is 0 Å². The van der Waals surface area contributed by atoms with Gasteiger partial charge in [0, 0.05) is 13.6 Å². The maximum atomic E-state index is 13.8. The molecule has 0 radical (unpaired) electrons. The molecule has 3 amide bonds. The van der Waals surface area contributed by atoms with Gasteiger partial charge < -0.3 is 15.0 Å². The van der Waals surface area contributed by atoms with Crippen LogP contribution in [0, 0.1) is 17.5 Å². The molecule has 0 bridgehead atoms. The van der Waals surface area contributed by atoms with Crippen LogP contribution in [-0.4, -0.2) is 36.2 Å². The minimum atomic E-state index is -1.82. The van der Waals surface area contributed by atoms with Crippen molar-refractivity contribution in [2.75, 3.05) is 24.2 Å². The van der Waals surface area contributed by atoms with E-state index in [1.165, 1.54) is 11.9 Å². The summed E-state index contributed by atoms with van der Waals surface area (Å²) in [6.45, 7) is 6.75. The van der Waals surface area contributed by atoms with E-state index in [1.54, 1.807) is 27.7 Å². The highest BCUT2D eigenvalue weighted by Crippen LogP contribution is 2.28. The van der Waals surface area contributed by atoms with Crippen LogP contribution in [0.1, 0.15) is 27.7 Å². The van der Waals surface area contributed by atoms with Crippen LogP contribution in [0.2, 0.25) is 0 Å². The van der Waals surface area contributed by atoms with Crippen molar-refractivity contribution in [2.45, 2.75) is 33.3 Å². The van der Waals surface area contributed by atoms with Gasteiger partial charge in [-0.1, -0.05) is 0 Å². The fourth-order valence-corrected chi connectivity index (χ4v) is 1.55. The number of nitrogens with zero attached hydrogens (tertiary/aromatic N) is 1. The molecule has 9 heteroatoms. The van der Waals surface area contributed by atoms with Gasteiger partial charge in [-0.2, -0.15) is 0 Å². The molecule has 0 saturated heterocycles. The number of halogens is 3. The van der Waals surface area contributed by atoms with Crippen LogP contribution in [0.5, 0.6) is 0 Å². The Balaban J connectivity index is 3.10. The van der Waals surface area contributed by atoms with E-state index in [0.717, 1.165) is 6.07 Å². The molecular weight excluding hydrogens is 327 g/mol. The number of benzene rings is 1. The van der Waals surface area contributed by atoms with Gasteiger partial charge in [-0.25, -0.2) is 22.8 Å². The first-order valence-corrected chi connectivity index (χ1v) is 7.15. The molecule has 2 N–H and O–H groups in total. The van der Waals surface area contributed by atoms with Crippen molar-refractivity contribution in [3.05, 3.63) is 23.5 Å². The first-order valence-electron chi connectivity index (χ1n) is 7.15. The number of anilines is 2. The molecule has 24 heavy (non-hydrogen) atoms. The van der Waals surface area contributed by atoms with E-state index in [-0.39, 0.29) is 0 Å². The summed E-state index contributed by atoms with van der Waals surface area (Å²) in [5.74, 6) is -4.99. The summed E-state index contributed by atoms with van der Waals surface area (Å²) in [6, 6.07) is 0.0598. The minimum absolute atomic E-state index is 0.320. The highest BCUT2D eigenvalue weighted by molar-refractivity contribution is 5.91. The van der Waals surface area contributed by atoms with Crippen molar-refractivity contribution >= 4 is 23.5 Å². The third kappa shape index (κ3) is 5.04. The molecule has 1 aromatic rings. The number of amides is 3. The van der Waals surface area contributed by atoms with E-state index in [1.807, 2.05) is 5.32 Å². The zero-order valence-electron chi connectivity index (χ0n) is 14.1. The first kappa shape index (κ1) is 19.6. The summed E-state index contributed by atoms with van der Waals surface area (Å²) in [5.41, 5.74) is -2.12. The molecule has 1 rings (SSSR count). The Hall–Kier alpha value is -2.45. The lowest BCUT2D eigenvalue weighted by Gasteiger charge is -2.20. The van der Waals surface area contributed by atoms with Gasteiger partial charge in [0.2, 0.25) is 0 Å². The molecule has 6 nitrogen and oxygen atoms in total. The van der Waals surface area contributed by atoms with Crippen LogP contribution in [0.25, 0.3) is 0 Å². The summed E-state index contributed by atoms with van der Waals surface area (Å²) >= 11 is 0. The van der Waals surface area contributed by atoms with Crippen molar-refractivity contribution in [1.29, 1.82) is 0 Å². The highest BCUT2D eigenvalue weighted by atomic mass is 19.2. The molecule has 0 saturated carbocycles. The highest BCUT2D eigenvalue weighted by Gasteiger charge is 2.23. The van der Waals surface area contributed by atoms with E-state index >= 15 is 0 Å². The summed E-state index contributed by atoms with van der Waals surface area (Å²) in [6.07, 6.45) is -1.05. The molecule has 0 spiro atoms. The van der Waals surface area contributed by atoms with Crippen LogP contribution in [0.3, 0.4) is 0 Å². The molecule has 0 fully saturated rings. The lowest BCUT2D eigenvalue weighted by molar-refractivity contribution is 0.0635. The quantitative estimate of drug-likeness (QED) is 0.814. The number of hydrogen-bond acceptors (Lipinski definition) is 3.